The van der Waals surface area contributed by atoms with Gasteiger partial charge in [-0.1, -0.05) is 23.4 Å². The lowest BCUT2D eigenvalue weighted by atomic mass is 9.98. The molecule has 2 N–H and O–H groups in total. The van der Waals surface area contributed by atoms with E-state index in [0.29, 0.717) is 31.4 Å². The molecule has 0 amide bonds. The number of hydrogen-bond acceptors (Lipinski definition) is 7. The average Bonchev–Trinajstić information content (AvgIpc) is 3.32. The van der Waals surface area contributed by atoms with Gasteiger partial charge >= 0.3 is 0 Å². The molecule has 0 saturated carbocycles. The third-order valence-electron chi connectivity index (χ3n) is 6.09. The van der Waals surface area contributed by atoms with E-state index in [-0.39, 0.29) is 17.6 Å². The Kier molecular flexibility index (Phi) is 7.62. The summed E-state index contributed by atoms with van der Waals surface area (Å²) in [5.41, 5.74) is 2.39. The van der Waals surface area contributed by atoms with Gasteiger partial charge in [-0.2, -0.15) is 0 Å². The van der Waals surface area contributed by atoms with Crippen LogP contribution >= 0.6 is 0 Å². The van der Waals surface area contributed by atoms with Crippen molar-refractivity contribution in [3.05, 3.63) is 60.3 Å². The van der Waals surface area contributed by atoms with Crippen LogP contribution in [0.2, 0.25) is 0 Å². The van der Waals surface area contributed by atoms with E-state index in [1.807, 2.05) is 30.5 Å². The molecular weight excluding hydrogens is 456 g/mol. The fourth-order valence-electron chi connectivity index (χ4n) is 4.18. The van der Waals surface area contributed by atoms with Crippen molar-refractivity contribution >= 4 is 10.0 Å². The molecule has 1 aromatic heterocycles. The van der Waals surface area contributed by atoms with Crippen LogP contribution < -0.4 is 9.46 Å². The van der Waals surface area contributed by atoms with Crippen molar-refractivity contribution < 1.29 is 23.0 Å². The highest BCUT2D eigenvalue weighted by molar-refractivity contribution is 7.89. The molecule has 0 bridgehead atoms. The van der Waals surface area contributed by atoms with Gasteiger partial charge in [-0.15, -0.1) is 5.10 Å². The maximum absolute atomic E-state index is 12.9. The van der Waals surface area contributed by atoms with Gasteiger partial charge in [-0.25, -0.2) is 13.1 Å². The monoisotopic (exact) mass is 486 g/mol. The summed E-state index contributed by atoms with van der Waals surface area (Å²) in [6, 6.07) is 14.0. The van der Waals surface area contributed by atoms with Crippen molar-refractivity contribution in [2.24, 2.45) is 0 Å². The molecule has 0 radical (unpaired) electrons. The van der Waals surface area contributed by atoms with Gasteiger partial charge in [0.25, 0.3) is 0 Å². The fraction of sp³-hybridized carbons (Fsp3) is 0.417. The quantitative estimate of drug-likeness (QED) is 0.478. The van der Waals surface area contributed by atoms with Gasteiger partial charge in [-0.3, -0.25) is 4.68 Å². The van der Waals surface area contributed by atoms with Crippen LogP contribution in [0.1, 0.15) is 24.8 Å². The van der Waals surface area contributed by atoms with Crippen molar-refractivity contribution in [3.8, 4) is 17.0 Å². The summed E-state index contributed by atoms with van der Waals surface area (Å²) in [7, 11) is -2.08. The highest BCUT2D eigenvalue weighted by Crippen LogP contribution is 2.25. The number of aromatic nitrogens is 3. The third kappa shape index (κ3) is 5.64. The van der Waals surface area contributed by atoms with Crippen LogP contribution in [0, 0.1) is 6.92 Å². The summed E-state index contributed by atoms with van der Waals surface area (Å²) >= 11 is 0. The molecule has 3 aromatic rings. The molecule has 1 fully saturated rings. The maximum atomic E-state index is 12.9. The predicted molar refractivity (Wildman–Crippen MR) is 127 cm³/mol. The van der Waals surface area contributed by atoms with E-state index in [0.717, 1.165) is 17.0 Å². The number of ether oxygens (including phenoxy) is 2. The van der Waals surface area contributed by atoms with Gasteiger partial charge in [0.15, 0.2) is 0 Å². The number of rotatable bonds is 9. The Morgan fingerprint density at radius 1 is 1.18 bits per heavy atom. The molecule has 2 aromatic carbocycles. The van der Waals surface area contributed by atoms with Gasteiger partial charge in [0.05, 0.1) is 43.1 Å². The predicted octanol–water partition coefficient (Wildman–Crippen LogP) is 2.54. The maximum Gasteiger partial charge on any atom is 0.241 e. The summed E-state index contributed by atoms with van der Waals surface area (Å²) < 4.78 is 41.4. The molecular formula is C24H30N4O5S. The van der Waals surface area contributed by atoms with Crippen molar-refractivity contribution in [1.29, 1.82) is 0 Å². The molecule has 1 aliphatic heterocycles. The Morgan fingerprint density at radius 2 is 1.94 bits per heavy atom. The zero-order valence-electron chi connectivity index (χ0n) is 19.3. The molecule has 9 nitrogen and oxygen atoms in total. The fourth-order valence-corrected chi connectivity index (χ4v) is 5.72. The molecule has 0 spiro atoms. The van der Waals surface area contributed by atoms with Crippen LogP contribution in [0.5, 0.6) is 5.75 Å². The summed E-state index contributed by atoms with van der Waals surface area (Å²) in [6.07, 6.45) is 3.10. The zero-order valence-corrected chi connectivity index (χ0v) is 20.1. The summed E-state index contributed by atoms with van der Waals surface area (Å²) in [5.74, 6) is 0.781. The van der Waals surface area contributed by atoms with E-state index >= 15 is 0 Å². The van der Waals surface area contributed by atoms with Crippen molar-refractivity contribution in [2.45, 2.75) is 55.9 Å². The minimum Gasteiger partial charge on any atom is -0.497 e. The second kappa shape index (κ2) is 10.6. The van der Waals surface area contributed by atoms with E-state index in [9.17, 15) is 13.5 Å². The second-order valence-electron chi connectivity index (χ2n) is 8.43. The number of methoxy groups -OCH3 is 1. The molecule has 1 aliphatic rings. The normalized spacial score (nSPS) is 20.9. The van der Waals surface area contributed by atoms with Crippen LogP contribution in [-0.4, -0.2) is 60.5 Å². The highest BCUT2D eigenvalue weighted by atomic mass is 32.2. The minimum absolute atomic E-state index is 0.106. The Bertz CT molecular complexity index is 1200. The number of benzene rings is 2. The van der Waals surface area contributed by atoms with E-state index in [4.69, 9.17) is 9.47 Å². The molecule has 4 rings (SSSR count). The topological polar surface area (TPSA) is 116 Å². The first-order valence-corrected chi connectivity index (χ1v) is 12.8. The minimum atomic E-state index is -3.71. The second-order valence-corrected chi connectivity index (χ2v) is 10.1. The van der Waals surface area contributed by atoms with Crippen molar-refractivity contribution in [1.82, 2.24) is 19.7 Å². The van der Waals surface area contributed by atoms with Crippen LogP contribution in [0.15, 0.2) is 59.6 Å². The number of aryl methyl sites for hydroxylation is 2. The van der Waals surface area contributed by atoms with E-state index < -0.39 is 22.2 Å². The van der Waals surface area contributed by atoms with Crippen LogP contribution in [0.3, 0.4) is 0 Å². The first kappa shape index (κ1) is 24.3. The van der Waals surface area contributed by atoms with Crippen molar-refractivity contribution in [2.75, 3.05) is 13.7 Å². The number of aliphatic hydroxyl groups excluding tert-OH is 1. The SMILES string of the molecule is COc1ccc(-c2cn(CC[C@@H]3CC[C@H](NS(=O)(=O)c4ccccc4C)[C@H](CO)O3)nn2)cc1. The van der Waals surface area contributed by atoms with Gasteiger partial charge in [0.2, 0.25) is 10.0 Å². The Balaban J connectivity index is 1.33. The molecule has 0 aliphatic carbocycles. The van der Waals surface area contributed by atoms with Crippen molar-refractivity contribution in [3.63, 3.8) is 0 Å². The van der Waals surface area contributed by atoms with E-state index in [1.165, 1.54) is 0 Å². The molecule has 2 heterocycles. The average molecular weight is 487 g/mol. The smallest absolute Gasteiger partial charge is 0.241 e. The van der Waals surface area contributed by atoms with Gasteiger partial charge in [0.1, 0.15) is 11.4 Å². The van der Waals surface area contributed by atoms with Crippen LogP contribution in [-0.2, 0) is 21.3 Å². The summed E-state index contributed by atoms with van der Waals surface area (Å²) in [6.45, 7) is 2.10. The van der Waals surface area contributed by atoms with Crippen LogP contribution in [0.4, 0.5) is 0 Å². The highest BCUT2D eigenvalue weighted by Gasteiger charge is 2.34. The van der Waals surface area contributed by atoms with Crippen LogP contribution in [0.25, 0.3) is 11.3 Å². The molecule has 34 heavy (non-hydrogen) atoms. The zero-order chi connectivity index (χ0) is 24.1. The van der Waals surface area contributed by atoms with E-state index in [1.54, 1.807) is 43.0 Å². The Hall–Kier alpha value is -2.79. The van der Waals surface area contributed by atoms with Gasteiger partial charge in [0, 0.05) is 12.1 Å². The number of sulfonamides is 1. The number of nitrogens with one attached hydrogen (secondary N) is 1. The Morgan fingerprint density at radius 3 is 2.65 bits per heavy atom. The first-order valence-electron chi connectivity index (χ1n) is 11.3. The lowest BCUT2D eigenvalue weighted by Gasteiger charge is -2.36. The van der Waals surface area contributed by atoms with Gasteiger partial charge in [-0.05, 0) is 62.1 Å². The molecule has 10 heteroatoms. The number of aliphatic hydroxyl groups is 1. The largest absolute Gasteiger partial charge is 0.497 e. The lowest BCUT2D eigenvalue weighted by molar-refractivity contribution is -0.0891. The number of hydrogen-bond donors (Lipinski definition) is 2. The molecule has 3 atom stereocenters. The van der Waals surface area contributed by atoms with Gasteiger partial charge < -0.3 is 14.6 Å². The Labute approximate surface area is 199 Å². The summed E-state index contributed by atoms with van der Waals surface area (Å²) in [5, 5.41) is 18.3. The molecule has 1 saturated heterocycles. The third-order valence-corrected chi connectivity index (χ3v) is 7.74. The number of nitrogens with zero attached hydrogens (tertiary/aromatic N) is 3. The lowest BCUT2D eigenvalue weighted by Crippen LogP contribution is -2.51. The first-order chi connectivity index (χ1) is 16.4. The molecule has 0 unspecified atom stereocenters. The van der Waals surface area contributed by atoms with E-state index in [2.05, 4.69) is 15.0 Å². The summed E-state index contributed by atoms with van der Waals surface area (Å²) in [4.78, 5) is 0.243. The molecule has 182 valence electrons. The standard InChI is InChI=1S/C24H30N4O5S/c1-17-5-3-4-6-24(17)34(30,31)26-21-12-11-20(33-23(21)16-29)13-14-28-15-22(25-27-28)18-7-9-19(32-2)10-8-18/h3-10,15,20-21,23,26,29H,11-14,16H2,1-2H3/t20-,21-,23-/m0/s1.